The first kappa shape index (κ1) is 17.5. The van der Waals surface area contributed by atoms with Gasteiger partial charge in [-0.1, -0.05) is 5.16 Å². The van der Waals surface area contributed by atoms with Gasteiger partial charge in [-0.3, -0.25) is 4.79 Å². The molecule has 0 unspecified atom stereocenters. The number of aromatic nitrogens is 4. The number of amides is 1. The summed E-state index contributed by atoms with van der Waals surface area (Å²) < 4.78 is 5.43. The molecule has 4 heterocycles. The summed E-state index contributed by atoms with van der Waals surface area (Å²) in [4.78, 5) is 26.9. The van der Waals surface area contributed by atoms with Gasteiger partial charge in [0.2, 0.25) is 0 Å². The second-order valence-corrected chi connectivity index (χ2v) is 7.24. The van der Waals surface area contributed by atoms with Crippen LogP contribution in [0.3, 0.4) is 0 Å². The zero-order chi connectivity index (χ0) is 19.0. The van der Waals surface area contributed by atoms with Crippen LogP contribution >= 0.6 is 0 Å². The highest BCUT2D eigenvalue weighted by Crippen LogP contribution is 2.33. The van der Waals surface area contributed by atoms with Crippen molar-refractivity contribution in [3.8, 4) is 11.3 Å². The number of hydrogen-bond donors (Lipinski definition) is 1. The summed E-state index contributed by atoms with van der Waals surface area (Å²) in [6.07, 6.45) is 5.25. The minimum absolute atomic E-state index is 0.0765. The fraction of sp³-hybridized carbons (Fsp3) is 0.400. The molecule has 0 bridgehead atoms. The van der Waals surface area contributed by atoms with E-state index in [0.717, 1.165) is 53.3 Å². The highest BCUT2D eigenvalue weighted by atomic mass is 16.5. The van der Waals surface area contributed by atoms with E-state index in [1.807, 2.05) is 37.8 Å². The predicted octanol–water partition coefficient (Wildman–Crippen LogP) is 3.40. The topological polar surface area (TPSA) is 87.9 Å². The van der Waals surface area contributed by atoms with Gasteiger partial charge in [0, 0.05) is 42.7 Å². The van der Waals surface area contributed by atoms with Crippen molar-refractivity contribution in [3.63, 3.8) is 0 Å². The molecule has 4 rings (SSSR count). The van der Waals surface area contributed by atoms with Gasteiger partial charge in [0.15, 0.2) is 5.76 Å². The van der Waals surface area contributed by atoms with E-state index < -0.39 is 0 Å². The van der Waals surface area contributed by atoms with Crippen LogP contribution in [-0.2, 0) is 0 Å². The average Bonchev–Trinajstić information content (AvgIpc) is 3.26. The molecule has 0 aromatic carbocycles. The van der Waals surface area contributed by atoms with Crippen LogP contribution in [0.4, 0.5) is 0 Å². The number of hydrogen-bond acceptors (Lipinski definition) is 5. The molecule has 0 saturated carbocycles. The number of rotatable bonds is 3. The zero-order valence-electron chi connectivity index (χ0n) is 15.8. The Labute approximate surface area is 157 Å². The van der Waals surface area contributed by atoms with Crippen LogP contribution in [0.1, 0.15) is 51.9 Å². The first-order valence-corrected chi connectivity index (χ1v) is 9.22. The van der Waals surface area contributed by atoms with E-state index in [2.05, 4.69) is 20.1 Å². The number of piperidine rings is 1. The molecule has 1 N–H and O–H groups in total. The monoisotopic (exact) mass is 365 g/mol. The van der Waals surface area contributed by atoms with Crippen molar-refractivity contribution in [1.29, 1.82) is 0 Å². The molecule has 1 amide bonds. The van der Waals surface area contributed by atoms with Gasteiger partial charge in [-0.25, -0.2) is 9.97 Å². The molecule has 0 aliphatic carbocycles. The molecule has 27 heavy (non-hydrogen) atoms. The van der Waals surface area contributed by atoms with Gasteiger partial charge in [-0.05, 0) is 39.7 Å². The first-order valence-electron chi connectivity index (χ1n) is 9.22. The summed E-state index contributed by atoms with van der Waals surface area (Å²) in [5.41, 5.74) is 5.26. The molecule has 1 saturated heterocycles. The second kappa shape index (κ2) is 6.98. The third-order valence-electron chi connectivity index (χ3n) is 5.11. The summed E-state index contributed by atoms with van der Waals surface area (Å²) in [6, 6.07) is 3.81. The Balaban J connectivity index is 1.61. The highest BCUT2D eigenvalue weighted by molar-refractivity contribution is 5.95. The van der Waals surface area contributed by atoms with E-state index in [-0.39, 0.29) is 11.8 Å². The molecule has 7 nitrogen and oxygen atoms in total. The number of likely N-dealkylation sites (tertiary alicyclic amines) is 1. The normalized spacial score (nSPS) is 17.3. The summed E-state index contributed by atoms with van der Waals surface area (Å²) in [5.74, 6) is 0.891. The third-order valence-corrected chi connectivity index (χ3v) is 5.11. The lowest BCUT2D eigenvalue weighted by atomic mass is 9.91. The Morgan fingerprint density at radius 2 is 2.15 bits per heavy atom. The Bertz CT molecular complexity index is 974. The van der Waals surface area contributed by atoms with Crippen molar-refractivity contribution in [2.24, 2.45) is 0 Å². The summed E-state index contributed by atoms with van der Waals surface area (Å²) >= 11 is 0. The maximum Gasteiger partial charge on any atom is 0.255 e. The quantitative estimate of drug-likeness (QED) is 0.768. The van der Waals surface area contributed by atoms with Gasteiger partial charge >= 0.3 is 0 Å². The number of aryl methyl sites for hydroxylation is 3. The van der Waals surface area contributed by atoms with Crippen LogP contribution in [0.2, 0.25) is 0 Å². The van der Waals surface area contributed by atoms with Crippen LogP contribution in [-0.4, -0.2) is 44.0 Å². The predicted molar refractivity (Wildman–Crippen MR) is 100 cm³/mol. The molecule has 1 fully saturated rings. The maximum absolute atomic E-state index is 13.0. The standard InChI is InChI=1S/C20H23N5O2/c1-12-7-16(14(3)23-12)20(26)25-6-4-5-15(10-25)19-17(9-21-11-22-19)18-8-13(2)24-27-18/h7-9,11,15,23H,4-6,10H2,1-3H3/t15-/m0/s1. The molecular formula is C20H23N5O2. The molecule has 7 heteroatoms. The Morgan fingerprint density at radius 3 is 2.85 bits per heavy atom. The Morgan fingerprint density at radius 1 is 1.30 bits per heavy atom. The molecule has 140 valence electrons. The van der Waals surface area contributed by atoms with Crippen LogP contribution < -0.4 is 0 Å². The summed E-state index contributed by atoms with van der Waals surface area (Å²) in [6.45, 7) is 7.20. The summed E-state index contributed by atoms with van der Waals surface area (Å²) in [7, 11) is 0. The first-order chi connectivity index (χ1) is 13.0. The smallest absolute Gasteiger partial charge is 0.255 e. The third kappa shape index (κ3) is 3.37. The lowest BCUT2D eigenvalue weighted by molar-refractivity contribution is 0.0705. The van der Waals surface area contributed by atoms with Gasteiger partial charge in [-0.2, -0.15) is 0 Å². The molecule has 0 spiro atoms. The minimum atomic E-state index is 0.0765. The van der Waals surface area contributed by atoms with Crippen molar-refractivity contribution in [3.05, 3.63) is 53.0 Å². The minimum Gasteiger partial charge on any atom is -0.362 e. The van der Waals surface area contributed by atoms with Crippen molar-refractivity contribution >= 4 is 5.91 Å². The number of carbonyl (C=O) groups is 1. The number of nitrogens with one attached hydrogen (secondary N) is 1. The molecule has 1 aliphatic heterocycles. The lowest BCUT2D eigenvalue weighted by Gasteiger charge is -2.33. The summed E-state index contributed by atoms with van der Waals surface area (Å²) in [5, 5.41) is 3.98. The van der Waals surface area contributed by atoms with Crippen LogP contribution in [0, 0.1) is 20.8 Å². The number of aromatic amines is 1. The lowest BCUT2D eigenvalue weighted by Crippen LogP contribution is -2.39. The molecular weight excluding hydrogens is 342 g/mol. The number of H-pyrrole nitrogens is 1. The van der Waals surface area contributed by atoms with Crippen molar-refractivity contribution in [1.82, 2.24) is 25.0 Å². The van der Waals surface area contributed by atoms with E-state index in [1.165, 1.54) is 0 Å². The van der Waals surface area contributed by atoms with Crippen LogP contribution in [0.5, 0.6) is 0 Å². The van der Waals surface area contributed by atoms with Crippen LogP contribution in [0.25, 0.3) is 11.3 Å². The highest BCUT2D eigenvalue weighted by Gasteiger charge is 2.29. The van der Waals surface area contributed by atoms with Crippen molar-refractivity contribution in [2.45, 2.75) is 39.5 Å². The average molecular weight is 365 g/mol. The molecule has 3 aromatic rings. The van der Waals surface area contributed by atoms with E-state index >= 15 is 0 Å². The molecule has 3 aromatic heterocycles. The maximum atomic E-state index is 13.0. The second-order valence-electron chi connectivity index (χ2n) is 7.24. The Kier molecular flexibility index (Phi) is 4.51. The van der Waals surface area contributed by atoms with Gasteiger partial charge in [-0.15, -0.1) is 0 Å². The largest absolute Gasteiger partial charge is 0.362 e. The van der Waals surface area contributed by atoms with E-state index in [4.69, 9.17) is 4.52 Å². The SMILES string of the molecule is Cc1cc(-c2cncnc2[C@H]2CCCN(C(=O)c3cc(C)[nH]c3C)C2)on1. The van der Waals surface area contributed by atoms with E-state index in [1.54, 1.807) is 12.5 Å². The zero-order valence-corrected chi connectivity index (χ0v) is 15.8. The Hall–Kier alpha value is -2.96. The fourth-order valence-electron chi connectivity index (χ4n) is 3.85. The number of nitrogens with zero attached hydrogens (tertiary/aromatic N) is 4. The van der Waals surface area contributed by atoms with E-state index in [0.29, 0.717) is 12.3 Å². The van der Waals surface area contributed by atoms with Gasteiger partial charge in [0.05, 0.1) is 22.5 Å². The van der Waals surface area contributed by atoms with Gasteiger partial charge < -0.3 is 14.4 Å². The van der Waals surface area contributed by atoms with Crippen molar-refractivity contribution < 1.29 is 9.32 Å². The molecule has 0 radical (unpaired) electrons. The fourth-order valence-corrected chi connectivity index (χ4v) is 3.85. The van der Waals surface area contributed by atoms with Gasteiger partial charge in [0.25, 0.3) is 5.91 Å². The number of carbonyl (C=O) groups excluding carboxylic acids is 1. The molecule has 1 atom stereocenters. The molecule has 1 aliphatic rings. The van der Waals surface area contributed by atoms with Gasteiger partial charge in [0.1, 0.15) is 6.33 Å². The van der Waals surface area contributed by atoms with Crippen molar-refractivity contribution in [2.75, 3.05) is 13.1 Å². The van der Waals surface area contributed by atoms with E-state index in [9.17, 15) is 4.79 Å². The van der Waals surface area contributed by atoms with Crippen LogP contribution in [0.15, 0.2) is 29.2 Å².